The van der Waals surface area contributed by atoms with E-state index < -0.39 is 0 Å². The molecule has 0 fully saturated rings. The third-order valence-corrected chi connectivity index (χ3v) is 3.16. The van der Waals surface area contributed by atoms with Gasteiger partial charge in [-0.3, -0.25) is 4.68 Å². The van der Waals surface area contributed by atoms with E-state index in [1.165, 1.54) is 6.07 Å². The molecule has 0 saturated heterocycles. The van der Waals surface area contributed by atoms with Crippen LogP contribution in [-0.2, 0) is 13.6 Å². The van der Waals surface area contributed by atoms with Crippen LogP contribution in [0.25, 0.3) is 0 Å². The number of aromatic nitrogens is 2. The summed E-state index contributed by atoms with van der Waals surface area (Å²) in [5, 5.41) is 7.14. The molecule has 6 heteroatoms. The fourth-order valence-corrected chi connectivity index (χ4v) is 1.97. The van der Waals surface area contributed by atoms with Crippen LogP contribution < -0.4 is 11.1 Å². The normalized spacial score (nSPS) is 10.5. The van der Waals surface area contributed by atoms with Gasteiger partial charge in [0.1, 0.15) is 5.82 Å². The van der Waals surface area contributed by atoms with Gasteiger partial charge in [0.15, 0.2) is 0 Å². The van der Waals surface area contributed by atoms with Crippen molar-refractivity contribution in [1.29, 1.82) is 0 Å². The Hall–Kier alpha value is -1.31. The molecule has 0 amide bonds. The summed E-state index contributed by atoms with van der Waals surface area (Å²) in [6, 6.07) is 3.02. The number of anilines is 2. The van der Waals surface area contributed by atoms with Gasteiger partial charge in [-0.1, -0.05) is 0 Å². The lowest BCUT2D eigenvalue weighted by molar-refractivity contribution is 0.621. The second-order valence-corrected chi connectivity index (χ2v) is 4.89. The summed E-state index contributed by atoms with van der Waals surface area (Å²) in [5.74, 6) is -0.270. The lowest BCUT2D eigenvalue weighted by atomic mass is 10.2. The molecule has 0 aliphatic carbocycles. The van der Waals surface area contributed by atoms with Crippen LogP contribution in [0.1, 0.15) is 5.56 Å². The third kappa shape index (κ3) is 2.87. The van der Waals surface area contributed by atoms with Crippen molar-refractivity contribution >= 4 is 34.0 Å². The first-order valence-electron chi connectivity index (χ1n) is 5.02. The maximum Gasteiger partial charge on any atom is 0.138 e. The molecule has 2 aromatic rings. The molecular weight excluding hydrogens is 334 g/mol. The van der Waals surface area contributed by atoms with Gasteiger partial charge >= 0.3 is 0 Å². The summed E-state index contributed by atoms with van der Waals surface area (Å²) in [6.07, 6.45) is 3.65. The van der Waals surface area contributed by atoms with Crippen LogP contribution in [0.2, 0.25) is 0 Å². The Morgan fingerprint density at radius 3 is 2.94 bits per heavy atom. The average molecular weight is 346 g/mol. The van der Waals surface area contributed by atoms with Crippen LogP contribution in [0.15, 0.2) is 24.5 Å². The minimum Gasteiger partial charge on any atom is -0.397 e. The predicted molar refractivity (Wildman–Crippen MR) is 74.1 cm³/mol. The highest BCUT2D eigenvalue weighted by atomic mass is 127. The summed E-state index contributed by atoms with van der Waals surface area (Å²) >= 11 is 1.91. The van der Waals surface area contributed by atoms with Crippen LogP contribution in [-0.4, -0.2) is 9.78 Å². The van der Waals surface area contributed by atoms with Gasteiger partial charge in [-0.2, -0.15) is 5.10 Å². The van der Waals surface area contributed by atoms with Crippen molar-refractivity contribution in [1.82, 2.24) is 9.78 Å². The number of aryl methyl sites for hydroxylation is 1. The van der Waals surface area contributed by atoms with E-state index in [4.69, 9.17) is 5.73 Å². The van der Waals surface area contributed by atoms with Crippen LogP contribution in [0.5, 0.6) is 0 Å². The van der Waals surface area contributed by atoms with Gasteiger partial charge < -0.3 is 11.1 Å². The molecule has 1 aromatic heterocycles. The Labute approximate surface area is 112 Å². The van der Waals surface area contributed by atoms with Gasteiger partial charge in [-0.05, 0) is 28.7 Å². The van der Waals surface area contributed by atoms with Crippen molar-refractivity contribution in [3.8, 4) is 0 Å². The molecule has 2 rings (SSSR count). The standard InChI is InChI=1S/C11H12FIN4/c1-17-6-7(5-16-17)4-15-11-2-8(12)9(13)3-10(11)14/h2-3,5-6,15H,4,14H2,1H3. The minimum absolute atomic E-state index is 0.270. The van der Waals surface area contributed by atoms with Crippen LogP contribution >= 0.6 is 22.6 Å². The van der Waals surface area contributed by atoms with E-state index >= 15 is 0 Å². The Morgan fingerprint density at radius 2 is 2.29 bits per heavy atom. The van der Waals surface area contributed by atoms with Gasteiger partial charge in [0, 0.05) is 31.4 Å². The van der Waals surface area contributed by atoms with Crippen molar-refractivity contribution in [2.24, 2.45) is 7.05 Å². The molecule has 0 unspecified atom stereocenters. The first kappa shape index (κ1) is 12.2. The summed E-state index contributed by atoms with van der Waals surface area (Å²) in [7, 11) is 1.85. The number of nitrogens with one attached hydrogen (secondary N) is 1. The van der Waals surface area contributed by atoms with Crippen molar-refractivity contribution < 1.29 is 4.39 Å². The monoisotopic (exact) mass is 346 g/mol. The molecule has 0 spiro atoms. The molecule has 1 heterocycles. The van der Waals surface area contributed by atoms with E-state index in [1.807, 2.05) is 35.8 Å². The zero-order valence-corrected chi connectivity index (χ0v) is 11.4. The number of hydrogen-bond acceptors (Lipinski definition) is 3. The number of rotatable bonds is 3. The van der Waals surface area contributed by atoms with Crippen molar-refractivity contribution in [3.05, 3.63) is 39.5 Å². The highest BCUT2D eigenvalue weighted by molar-refractivity contribution is 14.1. The van der Waals surface area contributed by atoms with E-state index in [1.54, 1.807) is 16.9 Å². The molecule has 4 nitrogen and oxygen atoms in total. The average Bonchev–Trinajstić information content (AvgIpc) is 2.68. The van der Waals surface area contributed by atoms with Crippen molar-refractivity contribution in [3.63, 3.8) is 0 Å². The van der Waals surface area contributed by atoms with Gasteiger partial charge in [0.2, 0.25) is 0 Å². The first-order valence-corrected chi connectivity index (χ1v) is 6.10. The maximum atomic E-state index is 13.4. The molecule has 0 aliphatic rings. The SMILES string of the molecule is Cn1cc(CNc2cc(F)c(I)cc2N)cn1. The van der Waals surface area contributed by atoms with Crippen molar-refractivity contribution in [2.45, 2.75) is 6.54 Å². The summed E-state index contributed by atoms with van der Waals surface area (Å²) in [6.45, 7) is 0.568. The first-order chi connectivity index (χ1) is 8.06. The predicted octanol–water partition coefficient (Wildman–Crippen LogP) is 2.36. The molecular formula is C11H12FIN4. The van der Waals surface area contributed by atoms with Gasteiger partial charge in [0.25, 0.3) is 0 Å². The van der Waals surface area contributed by atoms with E-state index in [0.717, 1.165) is 5.56 Å². The molecule has 17 heavy (non-hydrogen) atoms. The number of hydrogen-bond donors (Lipinski definition) is 2. The Morgan fingerprint density at radius 1 is 1.53 bits per heavy atom. The molecule has 0 bridgehead atoms. The molecule has 0 aliphatic heterocycles. The van der Waals surface area contributed by atoms with E-state index in [9.17, 15) is 4.39 Å². The van der Waals surface area contributed by atoms with Gasteiger partial charge in [-0.25, -0.2) is 4.39 Å². The largest absolute Gasteiger partial charge is 0.397 e. The summed E-state index contributed by atoms with van der Waals surface area (Å²) < 4.78 is 15.6. The Kier molecular flexibility index (Phi) is 3.51. The zero-order valence-electron chi connectivity index (χ0n) is 9.24. The minimum atomic E-state index is -0.270. The molecule has 0 atom stereocenters. The van der Waals surface area contributed by atoms with E-state index in [0.29, 0.717) is 21.5 Å². The molecule has 3 N–H and O–H groups in total. The van der Waals surface area contributed by atoms with Crippen molar-refractivity contribution in [2.75, 3.05) is 11.1 Å². The third-order valence-electron chi connectivity index (χ3n) is 2.33. The zero-order chi connectivity index (χ0) is 12.4. The number of halogens is 2. The second-order valence-electron chi connectivity index (χ2n) is 3.73. The van der Waals surface area contributed by atoms with Crippen LogP contribution in [0.4, 0.5) is 15.8 Å². The molecule has 1 aromatic carbocycles. The number of nitrogen functional groups attached to an aromatic ring is 1. The topological polar surface area (TPSA) is 55.9 Å². The van der Waals surface area contributed by atoms with E-state index in [-0.39, 0.29) is 5.82 Å². The van der Waals surface area contributed by atoms with Crippen LogP contribution in [0, 0.1) is 9.39 Å². The smallest absolute Gasteiger partial charge is 0.138 e. The summed E-state index contributed by atoms with van der Waals surface area (Å²) in [4.78, 5) is 0. The summed E-state index contributed by atoms with van der Waals surface area (Å²) in [5.41, 5.74) is 7.97. The number of benzene rings is 1. The molecule has 90 valence electrons. The lowest BCUT2D eigenvalue weighted by Crippen LogP contribution is -2.03. The highest BCUT2D eigenvalue weighted by Gasteiger charge is 2.06. The molecule has 0 saturated carbocycles. The van der Waals surface area contributed by atoms with Crippen LogP contribution in [0.3, 0.4) is 0 Å². The Bertz CT molecular complexity index is 538. The second kappa shape index (κ2) is 4.91. The van der Waals surface area contributed by atoms with E-state index in [2.05, 4.69) is 10.4 Å². The number of nitrogens with zero attached hydrogens (tertiary/aromatic N) is 2. The highest BCUT2D eigenvalue weighted by Crippen LogP contribution is 2.24. The van der Waals surface area contributed by atoms with Gasteiger partial charge in [-0.15, -0.1) is 0 Å². The quantitative estimate of drug-likeness (QED) is 0.663. The Balaban J connectivity index is 2.11. The maximum absolute atomic E-state index is 13.4. The fourth-order valence-electron chi connectivity index (χ4n) is 1.48. The molecule has 0 radical (unpaired) electrons. The lowest BCUT2D eigenvalue weighted by Gasteiger charge is -2.09. The van der Waals surface area contributed by atoms with Gasteiger partial charge in [0.05, 0.1) is 21.1 Å². The fraction of sp³-hybridized carbons (Fsp3) is 0.182. The number of nitrogens with two attached hydrogens (primary N) is 1.